The highest BCUT2D eigenvalue weighted by Crippen LogP contribution is 2.23. The summed E-state index contributed by atoms with van der Waals surface area (Å²) in [4.78, 5) is 2.57. The second kappa shape index (κ2) is 7.29. The average Bonchev–Trinajstić information content (AvgIpc) is 2.53. The Bertz CT molecular complexity index is 436. The smallest absolute Gasteiger partial charge is 0.170 e. The van der Waals surface area contributed by atoms with E-state index in [-0.39, 0.29) is 5.84 Å². The molecule has 1 saturated carbocycles. The van der Waals surface area contributed by atoms with Gasteiger partial charge in [-0.1, -0.05) is 55.6 Å². The highest BCUT2D eigenvalue weighted by Gasteiger charge is 2.19. The van der Waals surface area contributed by atoms with Crippen molar-refractivity contribution in [3.8, 4) is 0 Å². The molecule has 4 nitrogen and oxygen atoms in total. The first kappa shape index (κ1) is 14.9. The van der Waals surface area contributed by atoms with Crippen molar-refractivity contribution >= 4 is 5.84 Å². The number of hydrogen-bond acceptors (Lipinski definition) is 3. The van der Waals surface area contributed by atoms with Crippen LogP contribution in [0.3, 0.4) is 0 Å². The largest absolute Gasteiger partial charge is 0.409 e. The zero-order valence-electron chi connectivity index (χ0n) is 12.3. The zero-order valence-corrected chi connectivity index (χ0v) is 12.3. The highest BCUT2D eigenvalue weighted by molar-refractivity contribution is 5.96. The second-order valence-corrected chi connectivity index (χ2v) is 5.54. The molecule has 4 heteroatoms. The standard InChI is InChI=1S/C16H25N3O/c1-2-19(15-6-4-3-5-7-15)12-13-8-10-14(11-9-13)16(17)18-20/h8-11,15,20H,2-7,12H2,1H3,(H2,17,18). The van der Waals surface area contributed by atoms with Gasteiger partial charge in [-0.15, -0.1) is 0 Å². The molecule has 2 rings (SSSR count). The maximum atomic E-state index is 8.67. The van der Waals surface area contributed by atoms with E-state index >= 15 is 0 Å². The van der Waals surface area contributed by atoms with E-state index in [1.54, 1.807) is 0 Å². The van der Waals surface area contributed by atoms with Crippen molar-refractivity contribution in [1.29, 1.82) is 0 Å². The van der Waals surface area contributed by atoms with Crippen LogP contribution in [-0.2, 0) is 6.54 Å². The lowest BCUT2D eigenvalue weighted by Gasteiger charge is -2.33. The number of nitrogens with two attached hydrogens (primary N) is 1. The average molecular weight is 275 g/mol. The highest BCUT2D eigenvalue weighted by atomic mass is 16.4. The molecule has 0 bridgehead atoms. The Hall–Kier alpha value is -1.55. The van der Waals surface area contributed by atoms with Crippen molar-refractivity contribution in [2.45, 2.75) is 51.6 Å². The lowest BCUT2D eigenvalue weighted by atomic mass is 9.94. The number of nitrogens with zero attached hydrogens (tertiary/aromatic N) is 2. The summed E-state index contributed by atoms with van der Waals surface area (Å²) in [6.07, 6.45) is 6.78. The molecular formula is C16H25N3O. The van der Waals surface area contributed by atoms with E-state index in [1.165, 1.54) is 37.7 Å². The first-order valence-corrected chi connectivity index (χ1v) is 7.55. The molecule has 0 saturated heterocycles. The molecule has 1 aliphatic carbocycles. The molecular weight excluding hydrogens is 250 g/mol. The van der Waals surface area contributed by atoms with Gasteiger partial charge in [0, 0.05) is 18.2 Å². The van der Waals surface area contributed by atoms with Crippen LogP contribution < -0.4 is 5.73 Å². The fourth-order valence-electron chi connectivity index (χ4n) is 3.02. The van der Waals surface area contributed by atoms with Gasteiger partial charge >= 0.3 is 0 Å². The molecule has 1 fully saturated rings. The summed E-state index contributed by atoms with van der Waals surface area (Å²) in [5, 5.41) is 11.7. The maximum Gasteiger partial charge on any atom is 0.170 e. The van der Waals surface area contributed by atoms with Gasteiger partial charge in [-0.25, -0.2) is 0 Å². The van der Waals surface area contributed by atoms with Crippen LogP contribution in [0.5, 0.6) is 0 Å². The molecule has 20 heavy (non-hydrogen) atoms. The van der Waals surface area contributed by atoms with Crippen LogP contribution in [0.2, 0.25) is 0 Å². The lowest BCUT2D eigenvalue weighted by Crippen LogP contribution is -2.36. The molecule has 0 amide bonds. The monoisotopic (exact) mass is 275 g/mol. The topological polar surface area (TPSA) is 61.8 Å². The minimum atomic E-state index is 0.163. The fourth-order valence-corrected chi connectivity index (χ4v) is 3.02. The SMILES string of the molecule is CCN(Cc1ccc(/C(N)=N/O)cc1)C1CCCCC1. The third-order valence-corrected chi connectivity index (χ3v) is 4.24. The molecule has 0 spiro atoms. The first-order chi connectivity index (χ1) is 9.74. The van der Waals surface area contributed by atoms with Gasteiger partial charge in [0.15, 0.2) is 5.84 Å². The van der Waals surface area contributed by atoms with Crippen molar-refractivity contribution in [2.24, 2.45) is 10.9 Å². The van der Waals surface area contributed by atoms with Crippen LogP contribution >= 0.6 is 0 Å². The van der Waals surface area contributed by atoms with E-state index in [1.807, 2.05) is 12.1 Å². The van der Waals surface area contributed by atoms with Crippen LogP contribution in [0.15, 0.2) is 29.4 Å². The first-order valence-electron chi connectivity index (χ1n) is 7.55. The van der Waals surface area contributed by atoms with Gasteiger partial charge in [0.2, 0.25) is 0 Å². The van der Waals surface area contributed by atoms with Crippen molar-refractivity contribution in [1.82, 2.24) is 4.90 Å². The summed E-state index contributed by atoms with van der Waals surface area (Å²) in [5.74, 6) is 0.163. The molecule has 1 aromatic carbocycles. The summed E-state index contributed by atoms with van der Waals surface area (Å²) in [6.45, 7) is 4.31. The van der Waals surface area contributed by atoms with E-state index < -0.39 is 0 Å². The minimum Gasteiger partial charge on any atom is -0.409 e. The second-order valence-electron chi connectivity index (χ2n) is 5.54. The van der Waals surface area contributed by atoms with E-state index in [2.05, 4.69) is 29.1 Å². The number of benzene rings is 1. The van der Waals surface area contributed by atoms with E-state index in [4.69, 9.17) is 10.9 Å². The zero-order chi connectivity index (χ0) is 14.4. The van der Waals surface area contributed by atoms with Gasteiger partial charge in [-0.05, 0) is 24.9 Å². The van der Waals surface area contributed by atoms with Gasteiger partial charge < -0.3 is 10.9 Å². The summed E-state index contributed by atoms with van der Waals surface area (Å²) in [5.41, 5.74) is 7.62. The summed E-state index contributed by atoms with van der Waals surface area (Å²) in [7, 11) is 0. The van der Waals surface area contributed by atoms with Gasteiger partial charge in [0.25, 0.3) is 0 Å². The fraction of sp³-hybridized carbons (Fsp3) is 0.562. The Kier molecular flexibility index (Phi) is 5.41. The molecule has 1 aliphatic rings. The van der Waals surface area contributed by atoms with E-state index in [0.717, 1.165) is 24.7 Å². The van der Waals surface area contributed by atoms with E-state index in [0.29, 0.717) is 0 Å². The minimum absolute atomic E-state index is 0.163. The van der Waals surface area contributed by atoms with Crippen molar-refractivity contribution in [3.63, 3.8) is 0 Å². The van der Waals surface area contributed by atoms with Gasteiger partial charge in [-0.2, -0.15) is 0 Å². The maximum absolute atomic E-state index is 8.67. The quantitative estimate of drug-likeness (QED) is 0.376. The van der Waals surface area contributed by atoms with E-state index in [9.17, 15) is 0 Å². The Morgan fingerprint density at radius 3 is 2.45 bits per heavy atom. The molecule has 0 heterocycles. The van der Waals surface area contributed by atoms with Crippen LogP contribution in [0.4, 0.5) is 0 Å². The molecule has 0 aliphatic heterocycles. The van der Waals surface area contributed by atoms with Crippen LogP contribution in [0.25, 0.3) is 0 Å². The number of oxime groups is 1. The predicted molar refractivity (Wildman–Crippen MR) is 81.9 cm³/mol. The summed E-state index contributed by atoms with van der Waals surface area (Å²) in [6, 6.07) is 8.70. The summed E-state index contributed by atoms with van der Waals surface area (Å²) < 4.78 is 0. The third-order valence-electron chi connectivity index (χ3n) is 4.24. The Labute approximate surface area is 121 Å². The van der Waals surface area contributed by atoms with Crippen LogP contribution in [-0.4, -0.2) is 28.5 Å². The Morgan fingerprint density at radius 1 is 1.25 bits per heavy atom. The normalized spacial score (nSPS) is 17.6. The Morgan fingerprint density at radius 2 is 1.90 bits per heavy atom. The van der Waals surface area contributed by atoms with Gasteiger partial charge in [-0.3, -0.25) is 4.90 Å². The van der Waals surface area contributed by atoms with Gasteiger partial charge in [0.1, 0.15) is 0 Å². The van der Waals surface area contributed by atoms with Crippen LogP contribution in [0, 0.1) is 0 Å². The molecule has 0 aromatic heterocycles. The number of amidine groups is 1. The molecule has 1 aromatic rings. The number of hydrogen-bond donors (Lipinski definition) is 2. The predicted octanol–water partition coefficient (Wildman–Crippen LogP) is 2.94. The van der Waals surface area contributed by atoms with Crippen molar-refractivity contribution in [3.05, 3.63) is 35.4 Å². The third kappa shape index (κ3) is 3.73. The molecule has 3 N–H and O–H groups in total. The molecule has 0 radical (unpaired) electrons. The van der Waals surface area contributed by atoms with Crippen molar-refractivity contribution < 1.29 is 5.21 Å². The Balaban J connectivity index is 2.00. The number of rotatable bonds is 5. The lowest BCUT2D eigenvalue weighted by molar-refractivity contribution is 0.156. The molecule has 0 unspecified atom stereocenters. The molecule has 0 atom stereocenters. The van der Waals surface area contributed by atoms with Crippen molar-refractivity contribution in [2.75, 3.05) is 6.54 Å². The van der Waals surface area contributed by atoms with Gasteiger partial charge in [0.05, 0.1) is 0 Å². The summed E-state index contributed by atoms with van der Waals surface area (Å²) >= 11 is 0. The molecule has 110 valence electrons. The van der Waals surface area contributed by atoms with Crippen LogP contribution in [0.1, 0.15) is 50.2 Å².